The fourth-order valence-corrected chi connectivity index (χ4v) is 3.37. The zero-order valence-electron chi connectivity index (χ0n) is 15.0. The molecule has 28 heavy (non-hydrogen) atoms. The van der Waals surface area contributed by atoms with E-state index in [2.05, 4.69) is 15.6 Å². The van der Waals surface area contributed by atoms with E-state index in [-0.39, 0.29) is 24.3 Å². The van der Waals surface area contributed by atoms with Crippen molar-refractivity contribution in [3.8, 4) is 11.5 Å². The number of fused-ring (bicyclic) bond motifs is 2. The highest BCUT2D eigenvalue weighted by Crippen LogP contribution is 2.33. The van der Waals surface area contributed by atoms with Gasteiger partial charge in [0.25, 0.3) is 5.91 Å². The summed E-state index contributed by atoms with van der Waals surface area (Å²) in [4.78, 5) is 12.7. The van der Waals surface area contributed by atoms with Crippen LogP contribution >= 0.6 is 0 Å². The number of nitrogens with one attached hydrogen (secondary N) is 1. The van der Waals surface area contributed by atoms with Crippen LogP contribution in [0.25, 0.3) is 0 Å². The SMILES string of the molecule is O=C(Nc1ccc2c(c1)OCCO2)c1nnn2c1COC(c1ccccc1)C2. The molecule has 0 aliphatic carbocycles. The van der Waals surface area contributed by atoms with Crippen LogP contribution in [0.1, 0.15) is 27.8 Å². The van der Waals surface area contributed by atoms with Gasteiger partial charge in [-0.3, -0.25) is 4.79 Å². The molecular formula is C20H18N4O4. The Morgan fingerprint density at radius 3 is 2.75 bits per heavy atom. The highest BCUT2D eigenvalue weighted by molar-refractivity contribution is 6.03. The maximum atomic E-state index is 12.7. The molecule has 5 rings (SSSR count). The summed E-state index contributed by atoms with van der Waals surface area (Å²) >= 11 is 0. The molecule has 1 N–H and O–H groups in total. The molecule has 0 saturated carbocycles. The Bertz CT molecular complexity index is 1020. The molecule has 0 saturated heterocycles. The molecule has 8 nitrogen and oxygen atoms in total. The lowest BCUT2D eigenvalue weighted by Gasteiger charge is -2.24. The van der Waals surface area contributed by atoms with Crippen LogP contribution in [0.5, 0.6) is 11.5 Å². The Kier molecular flexibility index (Phi) is 4.17. The van der Waals surface area contributed by atoms with Crippen LogP contribution in [0.15, 0.2) is 48.5 Å². The number of carbonyl (C=O) groups excluding carboxylic acids is 1. The number of benzene rings is 2. The quantitative estimate of drug-likeness (QED) is 0.754. The third-order valence-corrected chi connectivity index (χ3v) is 4.78. The molecule has 1 atom stereocenters. The van der Waals surface area contributed by atoms with Crippen molar-refractivity contribution in [1.82, 2.24) is 15.0 Å². The Morgan fingerprint density at radius 1 is 1.07 bits per heavy atom. The third-order valence-electron chi connectivity index (χ3n) is 4.78. The Balaban J connectivity index is 1.33. The molecule has 1 unspecified atom stereocenters. The van der Waals surface area contributed by atoms with Gasteiger partial charge in [-0.25, -0.2) is 4.68 Å². The predicted octanol–water partition coefficient (Wildman–Crippen LogP) is 2.57. The van der Waals surface area contributed by atoms with Crippen molar-refractivity contribution in [2.75, 3.05) is 18.5 Å². The molecule has 0 radical (unpaired) electrons. The number of ether oxygens (including phenoxy) is 3. The second-order valence-electron chi connectivity index (χ2n) is 6.59. The van der Waals surface area contributed by atoms with Gasteiger partial charge in [-0.05, 0) is 17.7 Å². The number of hydrogen-bond donors (Lipinski definition) is 1. The maximum absolute atomic E-state index is 12.7. The number of nitrogens with zero attached hydrogens (tertiary/aromatic N) is 3. The highest BCUT2D eigenvalue weighted by Gasteiger charge is 2.27. The molecule has 142 valence electrons. The van der Waals surface area contributed by atoms with Crippen LogP contribution in [-0.2, 0) is 17.9 Å². The summed E-state index contributed by atoms with van der Waals surface area (Å²) in [7, 11) is 0. The second kappa shape index (κ2) is 6.97. The molecule has 0 fully saturated rings. The summed E-state index contributed by atoms with van der Waals surface area (Å²) in [5.41, 5.74) is 2.62. The zero-order chi connectivity index (χ0) is 18.9. The first-order chi connectivity index (χ1) is 13.8. The Hall–Kier alpha value is -3.39. The summed E-state index contributed by atoms with van der Waals surface area (Å²) in [5, 5.41) is 11.1. The number of rotatable bonds is 3. The van der Waals surface area contributed by atoms with E-state index in [0.717, 1.165) is 5.56 Å². The first-order valence-electron chi connectivity index (χ1n) is 9.08. The van der Waals surface area contributed by atoms with Gasteiger partial charge in [0.2, 0.25) is 0 Å². The monoisotopic (exact) mass is 378 g/mol. The third kappa shape index (κ3) is 3.07. The summed E-state index contributed by atoms with van der Waals surface area (Å²) in [6.07, 6.45) is -0.107. The molecule has 1 aromatic heterocycles. The minimum atomic E-state index is -0.334. The van der Waals surface area contributed by atoms with Crippen LogP contribution in [0.3, 0.4) is 0 Å². The molecule has 2 aliphatic heterocycles. The zero-order valence-corrected chi connectivity index (χ0v) is 15.0. The van der Waals surface area contributed by atoms with Crippen molar-refractivity contribution >= 4 is 11.6 Å². The van der Waals surface area contributed by atoms with Crippen LogP contribution in [-0.4, -0.2) is 34.1 Å². The highest BCUT2D eigenvalue weighted by atomic mass is 16.6. The molecule has 2 aromatic carbocycles. The molecular weight excluding hydrogens is 360 g/mol. The number of carbonyl (C=O) groups is 1. The average molecular weight is 378 g/mol. The number of amides is 1. The lowest BCUT2D eigenvalue weighted by Crippen LogP contribution is -2.24. The van der Waals surface area contributed by atoms with Crippen LogP contribution in [0, 0.1) is 0 Å². The predicted molar refractivity (Wildman–Crippen MR) is 99.4 cm³/mol. The van der Waals surface area contributed by atoms with Crippen molar-refractivity contribution in [3.05, 3.63) is 65.5 Å². The van der Waals surface area contributed by atoms with Crippen LogP contribution in [0.2, 0.25) is 0 Å². The van der Waals surface area contributed by atoms with Crippen LogP contribution in [0.4, 0.5) is 5.69 Å². The number of anilines is 1. The van der Waals surface area contributed by atoms with Gasteiger partial charge in [0, 0.05) is 11.8 Å². The van der Waals surface area contributed by atoms with E-state index in [1.807, 2.05) is 30.3 Å². The van der Waals surface area contributed by atoms with Crippen molar-refractivity contribution in [2.45, 2.75) is 19.3 Å². The van der Waals surface area contributed by atoms with E-state index in [1.165, 1.54) is 0 Å². The first-order valence-corrected chi connectivity index (χ1v) is 9.08. The first kappa shape index (κ1) is 16.8. The van der Waals surface area contributed by atoms with Gasteiger partial charge in [0.05, 0.1) is 18.8 Å². The van der Waals surface area contributed by atoms with Gasteiger partial charge in [-0.15, -0.1) is 5.10 Å². The van der Waals surface area contributed by atoms with Gasteiger partial charge >= 0.3 is 0 Å². The normalized spacial score (nSPS) is 17.6. The fourth-order valence-electron chi connectivity index (χ4n) is 3.37. The van der Waals surface area contributed by atoms with Crippen LogP contribution < -0.4 is 14.8 Å². The van der Waals surface area contributed by atoms with E-state index in [1.54, 1.807) is 22.9 Å². The van der Waals surface area contributed by atoms with Crippen molar-refractivity contribution < 1.29 is 19.0 Å². The molecule has 3 aromatic rings. The molecule has 1 amide bonds. The lowest BCUT2D eigenvalue weighted by molar-refractivity contribution is -0.00171. The summed E-state index contributed by atoms with van der Waals surface area (Å²) in [6.45, 7) is 1.80. The van der Waals surface area contributed by atoms with Gasteiger partial charge in [-0.1, -0.05) is 35.5 Å². The minimum Gasteiger partial charge on any atom is -0.486 e. The van der Waals surface area contributed by atoms with E-state index >= 15 is 0 Å². The van der Waals surface area contributed by atoms with Gasteiger partial charge in [-0.2, -0.15) is 0 Å². The second-order valence-corrected chi connectivity index (χ2v) is 6.59. The average Bonchev–Trinajstić information content (AvgIpc) is 3.18. The molecule has 3 heterocycles. The van der Waals surface area contributed by atoms with E-state index in [0.29, 0.717) is 42.6 Å². The molecule has 8 heteroatoms. The summed E-state index contributed by atoms with van der Waals surface area (Å²) < 4.78 is 18.7. The minimum absolute atomic E-state index is 0.107. The smallest absolute Gasteiger partial charge is 0.278 e. The van der Waals surface area contributed by atoms with Gasteiger partial charge in [0.1, 0.15) is 19.3 Å². The topological polar surface area (TPSA) is 87.5 Å². The van der Waals surface area contributed by atoms with E-state index in [9.17, 15) is 4.79 Å². The van der Waals surface area contributed by atoms with Crippen molar-refractivity contribution in [1.29, 1.82) is 0 Å². The maximum Gasteiger partial charge on any atom is 0.278 e. The van der Waals surface area contributed by atoms with Crippen molar-refractivity contribution in [3.63, 3.8) is 0 Å². The van der Waals surface area contributed by atoms with E-state index in [4.69, 9.17) is 14.2 Å². The standard InChI is InChI=1S/C20H18N4O4/c25-20(21-14-6-7-16-17(10-14)27-9-8-26-16)19-15-12-28-18(11-24(15)23-22-19)13-4-2-1-3-5-13/h1-7,10,18H,8-9,11-12H2,(H,21,25). The van der Waals surface area contributed by atoms with Gasteiger partial charge in [0.15, 0.2) is 17.2 Å². The summed E-state index contributed by atoms with van der Waals surface area (Å²) in [6, 6.07) is 15.2. The van der Waals surface area contributed by atoms with Gasteiger partial charge < -0.3 is 19.5 Å². The van der Waals surface area contributed by atoms with E-state index < -0.39 is 0 Å². The van der Waals surface area contributed by atoms with Crippen molar-refractivity contribution in [2.24, 2.45) is 0 Å². The molecule has 0 bridgehead atoms. The number of hydrogen-bond acceptors (Lipinski definition) is 6. The molecule has 2 aliphatic rings. The summed E-state index contributed by atoms with van der Waals surface area (Å²) in [5.74, 6) is 0.952. The number of aromatic nitrogens is 3. The Morgan fingerprint density at radius 2 is 1.89 bits per heavy atom. The Labute approximate surface area is 161 Å². The largest absolute Gasteiger partial charge is 0.486 e. The fraction of sp³-hybridized carbons (Fsp3) is 0.250. The molecule has 0 spiro atoms. The lowest BCUT2D eigenvalue weighted by atomic mass is 10.1.